The Balaban J connectivity index is 1.93. The van der Waals surface area contributed by atoms with Gasteiger partial charge in [0.2, 0.25) is 5.91 Å². The van der Waals surface area contributed by atoms with Crippen LogP contribution in [0.1, 0.15) is 12.8 Å². The first-order valence-corrected chi connectivity index (χ1v) is 8.48. The molecule has 1 aromatic rings. The molecule has 1 aliphatic rings. The number of rotatable bonds is 4. The largest absolute Gasteiger partial charge is 0.398 e. The van der Waals surface area contributed by atoms with Crippen molar-refractivity contribution >= 4 is 38.3 Å². The molecule has 0 spiro atoms. The molecule has 0 saturated carbocycles. The van der Waals surface area contributed by atoms with Gasteiger partial charge in [-0.1, -0.05) is 15.9 Å². The SMILES string of the molecule is Nc1ccc(Br)cc1S(=O)CC(=O)NC1CCOCC1. The van der Waals surface area contributed by atoms with Gasteiger partial charge >= 0.3 is 0 Å². The first-order valence-electron chi connectivity index (χ1n) is 6.37. The molecule has 2 rings (SSSR count). The van der Waals surface area contributed by atoms with Gasteiger partial charge in [-0.2, -0.15) is 0 Å². The van der Waals surface area contributed by atoms with Crippen molar-refractivity contribution in [2.45, 2.75) is 23.8 Å². The van der Waals surface area contributed by atoms with Crippen LogP contribution in [0.5, 0.6) is 0 Å². The van der Waals surface area contributed by atoms with Gasteiger partial charge in [0.1, 0.15) is 5.75 Å². The Labute approximate surface area is 128 Å². The van der Waals surface area contributed by atoms with Crippen molar-refractivity contribution in [3.05, 3.63) is 22.7 Å². The lowest BCUT2D eigenvalue weighted by Crippen LogP contribution is -2.40. The van der Waals surface area contributed by atoms with Crippen LogP contribution < -0.4 is 11.1 Å². The standard InChI is InChI=1S/C13H17BrN2O3S/c14-9-1-2-11(15)12(7-9)20(18)8-13(17)16-10-3-5-19-6-4-10/h1-2,7,10H,3-6,8,15H2,(H,16,17). The molecule has 1 heterocycles. The van der Waals surface area contributed by atoms with Crippen molar-refractivity contribution in [1.82, 2.24) is 5.32 Å². The van der Waals surface area contributed by atoms with E-state index in [-0.39, 0.29) is 17.7 Å². The predicted octanol–water partition coefficient (Wildman–Crippen LogP) is 1.43. The lowest BCUT2D eigenvalue weighted by molar-refractivity contribution is -0.119. The molecule has 0 aliphatic carbocycles. The van der Waals surface area contributed by atoms with Crippen LogP contribution in [0.25, 0.3) is 0 Å². The van der Waals surface area contributed by atoms with Crippen molar-refractivity contribution in [1.29, 1.82) is 0 Å². The van der Waals surface area contributed by atoms with Crippen LogP contribution in [-0.4, -0.2) is 35.1 Å². The van der Waals surface area contributed by atoms with Gasteiger partial charge in [0.25, 0.3) is 0 Å². The molecule has 5 nitrogen and oxygen atoms in total. The van der Waals surface area contributed by atoms with Gasteiger partial charge in [0, 0.05) is 29.4 Å². The van der Waals surface area contributed by atoms with E-state index >= 15 is 0 Å². The molecule has 0 bridgehead atoms. The summed E-state index contributed by atoms with van der Waals surface area (Å²) >= 11 is 3.31. The van der Waals surface area contributed by atoms with Crippen LogP contribution in [0, 0.1) is 0 Å². The minimum absolute atomic E-state index is 0.0714. The van der Waals surface area contributed by atoms with Crippen LogP contribution in [0.2, 0.25) is 0 Å². The highest BCUT2D eigenvalue weighted by molar-refractivity contribution is 9.10. The van der Waals surface area contributed by atoms with Gasteiger partial charge < -0.3 is 15.8 Å². The number of nitrogens with one attached hydrogen (secondary N) is 1. The van der Waals surface area contributed by atoms with Gasteiger partial charge in [0.05, 0.1) is 15.7 Å². The van der Waals surface area contributed by atoms with E-state index in [0.29, 0.717) is 23.8 Å². The van der Waals surface area contributed by atoms with E-state index in [1.54, 1.807) is 18.2 Å². The summed E-state index contributed by atoms with van der Waals surface area (Å²) in [6.07, 6.45) is 1.61. The van der Waals surface area contributed by atoms with E-state index in [2.05, 4.69) is 21.2 Å². The normalized spacial score (nSPS) is 17.6. The summed E-state index contributed by atoms with van der Waals surface area (Å²) in [5.41, 5.74) is 6.22. The van der Waals surface area contributed by atoms with Crippen molar-refractivity contribution < 1.29 is 13.7 Å². The fourth-order valence-electron chi connectivity index (χ4n) is 2.01. The molecule has 0 radical (unpaired) electrons. The van der Waals surface area contributed by atoms with Crippen LogP contribution in [0.3, 0.4) is 0 Å². The molecular formula is C13H17BrN2O3S. The summed E-state index contributed by atoms with van der Waals surface area (Å²) in [7, 11) is -1.44. The number of amides is 1. The molecule has 3 N–H and O–H groups in total. The molecule has 0 aromatic heterocycles. The van der Waals surface area contributed by atoms with E-state index in [4.69, 9.17) is 10.5 Å². The molecule has 1 aliphatic heterocycles. The number of carbonyl (C=O) groups is 1. The van der Waals surface area contributed by atoms with Crippen molar-refractivity contribution in [3.8, 4) is 0 Å². The number of carbonyl (C=O) groups excluding carboxylic acids is 1. The first-order chi connectivity index (χ1) is 9.56. The van der Waals surface area contributed by atoms with Crippen LogP contribution in [-0.2, 0) is 20.3 Å². The number of nitrogen functional groups attached to an aromatic ring is 1. The third-order valence-corrected chi connectivity index (χ3v) is 4.93. The highest BCUT2D eigenvalue weighted by atomic mass is 79.9. The minimum atomic E-state index is -1.44. The van der Waals surface area contributed by atoms with Crippen LogP contribution >= 0.6 is 15.9 Å². The molecule has 20 heavy (non-hydrogen) atoms. The Kier molecular flexibility index (Phi) is 5.56. The number of nitrogens with two attached hydrogens (primary N) is 1. The lowest BCUT2D eigenvalue weighted by atomic mass is 10.1. The zero-order valence-electron chi connectivity index (χ0n) is 10.9. The van der Waals surface area contributed by atoms with Gasteiger partial charge in [0.15, 0.2) is 0 Å². The van der Waals surface area contributed by atoms with E-state index in [9.17, 15) is 9.00 Å². The molecule has 110 valence electrons. The van der Waals surface area contributed by atoms with Crippen LogP contribution in [0.4, 0.5) is 5.69 Å². The van der Waals surface area contributed by atoms with Gasteiger partial charge in [-0.25, -0.2) is 0 Å². The third kappa shape index (κ3) is 4.29. The Morgan fingerprint density at radius 3 is 2.85 bits per heavy atom. The van der Waals surface area contributed by atoms with Crippen molar-refractivity contribution in [2.24, 2.45) is 0 Å². The van der Waals surface area contributed by atoms with E-state index in [0.717, 1.165) is 17.3 Å². The molecular weight excluding hydrogens is 344 g/mol. The van der Waals surface area contributed by atoms with E-state index in [1.165, 1.54) is 0 Å². The van der Waals surface area contributed by atoms with Gasteiger partial charge in [-0.15, -0.1) is 0 Å². The van der Waals surface area contributed by atoms with Gasteiger partial charge in [-0.05, 0) is 31.0 Å². The Hall–Kier alpha value is -0.920. The van der Waals surface area contributed by atoms with Gasteiger partial charge in [-0.3, -0.25) is 9.00 Å². The summed E-state index contributed by atoms with van der Waals surface area (Å²) < 4.78 is 18.2. The predicted molar refractivity (Wildman–Crippen MR) is 81.8 cm³/mol. The number of benzene rings is 1. The fraction of sp³-hybridized carbons (Fsp3) is 0.462. The number of hydrogen-bond acceptors (Lipinski definition) is 4. The quantitative estimate of drug-likeness (QED) is 0.795. The lowest BCUT2D eigenvalue weighted by Gasteiger charge is -2.23. The maximum atomic E-state index is 12.2. The smallest absolute Gasteiger partial charge is 0.233 e. The maximum Gasteiger partial charge on any atom is 0.233 e. The fourth-order valence-corrected chi connectivity index (χ4v) is 3.59. The second kappa shape index (κ2) is 7.19. The number of ether oxygens (including phenoxy) is 1. The average Bonchev–Trinajstić information content (AvgIpc) is 2.42. The van der Waals surface area contributed by atoms with E-state index in [1.807, 2.05) is 0 Å². The minimum Gasteiger partial charge on any atom is -0.398 e. The molecule has 1 unspecified atom stereocenters. The number of halogens is 1. The Bertz CT molecular complexity index is 518. The summed E-state index contributed by atoms with van der Waals surface area (Å²) in [6.45, 7) is 1.32. The first kappa shape index (κ1) is 15.5. The van der Waals surface area contributed by atoms with Crippen molar-refractivity contribution in [3.63, 3.8) is 0 Å². The summed E-state index contributed by atoms with van der Waals surface area (Å²) in [4.78, 5) is 12.4. The molecule has 1 atom stereocenters. The third-order valence-electron chi connectivity index (χ3n) is 3.07. The maximum absolute atomic E-state index is 12.2. The molecule has 1 aromatic carbocycles. The zero-order chi connectivity index (χ0) is 14.5. The topological polar surface area (TPSA) is 81.4 Å². The van der Waals surface area contributed by atoms with E-state index < -0.39 is 10.8 Å². The zero-order valence-corrected chi connectivity index (χ0v) is 13.3. The molecule has 1 fully saturated rings. The molecule has 1 saturated heterocycles. The second-order valence-corrected chi connectivity index (χ2v) is 6.96. The molecule has 7 heteroatoms. The summed E-state index contributed by atoms with van der Waals surface area (Å²) in [6, 6.07) is 5.26. The van der Waals surface area contributed by atoms with Crippen molar-refractivity contribution in [2.75, 3.05) is 24.7 Å². The summed E-state index contributed by atoms with van der Waals surface area (Å²) in [5, 5.41) is 2.89. The Morgan fingerprint density at radius 2 is 2.15 bits per heavy atom. The monoisotopic (exact) mass is 360 g/mol. The number of hydrogen-bond donors (Lipinski definition) is 2. The number of anilines is 1. The second-order valence-electron chi connectivity index (χ2n) is 4.63. The molecule has 1 amide bonds. The van der Waals surface area contributed by atoms with Crippen LogP contribution in [0.15, 0.2) is 27.6 Å². The highest BCUT2D eigenvalue weighted by Gasteiger charge is 2.18. The Morgan fingerprint density at radius 1 is 1.45 bits per heavy atom. The summed E-state index contributed by atoms with van der Waals surface area (Å²) in [5.74, 6) is -0.285. The average molecular weight is 361 g/mol. The highest BCUT2D eigenvalue weighted by Crippen LogP contribution is 2.21.